The van der Waals surface area contributed by atoms with E-state index in [0.717, 1.165) is 42.8 Å². The number of benzene rings is 4. The topological polar surface area (TPSA) is 106 Å². The van der Waals surface area contributed by atoms with Crippen LogP contribution in [-0.4, -0.2) is 0 Å². The van der Waals surface area contributed by atoms with Crippen LogP contribution in [-0.2, 0) is 10.8 Å². The summed E-state index contributed by atoms with van der Waals surface area (Å²) in [6, 6.07) is 25.9. The molecule has 8 aliphatic carbocycles. The molecule has 6 nitrogen and oxygen atoms in total. The van der Waals surface area contributed by atoms with Gasteiger partial charge in [-0.1, -0.05) is 36.4 Å². The van der Waals surface area contributed by atoms with Crippen LogP contribution in [0.2, 0.25) is 0 Å². The second-order valence-electron chi connectivity index (χ2n) is 17.3. The highest BCUT2D eigenvalue weighted by Crippen LogP contribution is 2.69. The maximum absolute atomic E-state index is 7.37. The lowest BCUT2D eigenvalue weighted by Crippen LogP contribution is -2.50. The van der Waals surface area contributed by atoms with Crippen molar-refractivity contribution in [1.29, 1.82) is 0 Å². The summed E-state index contributed by atoms with van der Waals surface area (Å²) in [6.45, 7) is 0. The van der Waals surface area contributed by atoms with Crippen molar-refractivity contribution in [2.24, 2.45) is 35.5 Å². The number of para-hydroxylation sites is 6. The van der Waals surface area contributed by atoms with E-state index in [-0.39, 0.29) is 10.8 Å². The van der Waals surface area contributed by atoms with Gasteiger partial charge in [0.2, 0.25) is 0 Å². The van der Waals surface area contributed by atoms with Crippen molar-refractivity contribution in [1.82, 2.24) is 0 Å². The van der Waals surface area contributed by atoms with Gasteiger partial charge in [0.05, 0.1) is 17.1 Å². The molecule has 0 saturated heterocycles. The van der Waals surface area contributed by atoms with Crippen LogP contribution in [0.1, 0.15) is 88.2 Å². The average Bonchev–Trinajstić information content (AvgIpc) is 3.07. The second-order valence-corrected chi connectivity index (χ2v) is 17.3. The van der Waals surface area contributed by atoms with E-state index in [1.54, 1.807) is 0 Å². The summed E-state index contributed by atoms with van der Waals surface area (Å²) in [7, 11) is 0. The number of ether oxygens (including phenoxy) is 3. The third-order valence-corrected chi connectivity index (χ3v) is 13.8. The Morgan fingerprint density at radius 2 is 0.780 bits per heavy atom. The van der Waals surface area contributed by atoms with Gasteiger partial charge in [0.25, 0.3) is 0 Å². The van der Waals surface area contributed by atoms with Crippen molar-refractivity contribution in [2.45, 2.75) is 87.9 Å². The van der Waals surface area contributed by atoms with Crippen LogP contribution >= 0.6 is 0 Å². The number of nitrogens with two attached hydrogens (primary N) is 3. The van der Waals surface area contributed by atoms with E-state index in [1.807, 2.05) is 72.8 Å². The fourth-order valence-corrected chi connectivity index (χ4v) is 12.7. The van der Waals surface area contributed by atoms with E-state index in [9.17, 15) is 0 Å². The average molecular weight is 668 g/mol. The van der Waals surface area contributed by atoms with Gasteiger partial charge < -0.3 is 31.4 Å². The first kappa shape index (κ1) is 30.5. The van der Waals surface area contributed by atoms with Gasteiger partial charge in [0, 0.05) is 16.5 Å². The van der Waals surface area contributed by atoms with Crippen LogP contribution in [0.25, 0.3) is 0 Å². The number of hydrogen-bond donors (Lipinski definition) is 3. The molecule has 8 fully saturated rings. The molecule has 8 saturated carbocycles. The van der Waals surface area contributed by atoms with Crippen LogP contribution in [0, 0.1) is 35.5 Å². The van der Waals surface area contributed by atoms with Crippen molar-refractivity contribution < 1.29 is 14.2 Å². The minimum atomic E-state index is -0.106. The molecule has 4 aromatic rings. The molecule has 0 radical (unpaired) electrons. The predicted octanol–water partition coefficient (Wildman–Crippen LogP) is 10.7. The summed E-state index contributed by atoms with van der Waals surface area (Å²) in [6.07, 6.45) is 15.1. The molecular weight excluding hydrogens is 619 g/mol. The van der Waals surface area contributed by atoms with Crippen LogP contribution < -0.4 is 31.4 Å². The van der Waals surface area contributed by atoms with Gasteiger partial charge in [-0.25, -0.2) is 0 Å². The van der Waals surface area contributed by atoms with Crippen molar-refractivity contribution in [3.63, 3.8) is 0 Å². The van der Waals surface area contributed by atoms with E-state index >= 15 is 0 Å². The lowest BCUT2D eigenvalue weighted by atomic mass is 9.46. The zero-order valence-electron chi connectivity index (χ0n) is 28.9. The summed E-state index contributed by atoms with van der Waals surface area (Å²) >= 11 is 0. The van der Waals surface area contributed by atoms with Gasteiger partial charge >= 0.3 is 0 Å². The maximum Gasteiger partial charge on any atom is 0.177 e. The van der Waals surface area contributed by atoms with Crippen molar-refractivity contribution >= 4 is 17.1 Å². The minimum absolute atomic E-state index is 0.00924. The Hall–Kier alpha value is -4.32. The first-order valence-corrected chi connectivity index (χ1v) is 19.1. The third kappa shape index (κ3) is 4.96. The van der Waals surface area contributed by atoms with Gasteiger partial charge in [-0.3, -0.25) is 0 Å². The number of nitrogen functional groups attached to an aromatic ring is 3. The first-order chi connectivity index (χ1) is 24.3. The molecule has 0 aromatic heterocycles. The van der Waals surface area contributed by atoms with Gasteiger partial charge in [-0.15, -0.1) is 0 Å². The normalized spacial score (nSPS) is 33.0. The predicted molar refractivity (Wildman–Crippen MR) is 199 cm³/mol. The molecular formula is C44H49N3O3. The molecule has 12 rings (SSSR count). The molecule has 0 atom stereocenters. The number of rotatable bonds is 8. The van der Waals surface area contributed by atoms with Crippen molar-refractivity contribution in [3.05, 3.63) is 90.0 Å². The maximum atomic E-state index is 7.37. The largest absolute Gasteiger partial charge is 0.454 e. The summed E-state index contributed by atoms with van der Waals surface area (Å²) in [5.74, 6) is 8.75. The van der Waals surface area contributed by atoms with E-state index in [4.69, 9.17) is 31.4 Å². The Kier molecular flexibility index (Phi) is 6.92. The zero-order valence-corrected chi connectivity index (χ0v) is 28.9. The molecule has 258 valence electrons. The minimum Gasteiger partial charge on any atom is -0.454 e. The second kappa shape index (κ2) is 11.3. The van der Waals surface area contributed by atoms with E-state index in [0.29, 0.717) is 63.6 Å². The number of anilines is 3. The zero-order chi connectivity index (χ0) is 33.6. The Balaban J connectivity index is 1.28. The van der Waals surface area contributed by atoms with Gasteiger partial charge in [-0.05, 0) is 160 Å². The highest BCUT2D eigenvalue weighted by atomic mass is 16.5. The van der Waals surface area contributed by atoms with Gasteiger partial charge in [0.1, 0.15) is 11.5 Å². The fraction of sp³-hybridized carbons (Fsp3) is 0.455. The highest BCUT2D eigenvalue weighted by Gasteiger charge is 2.57. The molecule has 4 aromatic carbocycles. The molecule has 6 N–H and O–H groups in total. The smallest absolute Gasteiger partial charge is 0.177 e. The Bertz CT molecular complexity index is 1900. The Morgan fingerprint density at radius 3 is 1.20 bits per heavy atom. The van der Waals surface area contributed by atoms with E-state index in [1.165, 1.54) is 68.9 Å². The lowest BCUT2D eigenvalue weighted by Gasteiger charge is -2.59. The summed E-state index contributed by atoms with van der Waals surface area (Å²) < 4.78 is 21.5. The third-order valence-electron chi connectivity index (χ3n) is 13.8. The van der Waals surface area contributed by atoms with Crippen molar-refractivity contribution in [3.8, 4) is 34.5 Å². The van der Waals surface area contributed by atoms with Crippen LogP contribution in [0.4, 0.5) is 17.1 Å². The van der Waals surface area contributed by atoms with Gasteiger partial charge in [-0.2, -0.15) is 0 Å². The van der Waals surface area contributed by atoms with Crippen LogP contribution in [0.5, 0.6) is 34.5 Å². The first-order valence-electron chi connectivity index (χ1n) is 19.1. The SMILES string of the molecule is Nc1ccccc1Oc1cc(C23CC4CC(CC(C4)C2)C3)c(Oc2ccccc2N)c(C23CC4CC(CC(C4)C2)C3)c1Oc1ccccc1N. The monoisotopic (exact) mass is 667 g/mol. The molecule has 50 heavy (non-hydrogen) atoms. The van der Waals surface area contributed by atoms with E-state index in [2.05, 4.69) is 6.07 Å². The molecule has 0 aliphatic heterocycles. The fourth-order valence-electron chi connectivity index (χ4n) is 12.7. The summed E-state index contributed by atoms with van der Waals surface area (Å²) in [5, 5.41) is 0. The Morgan fingerprint density at radius 1 is 0.420 bits per heavy atom. The number of hydrogen-bond acceptors (Lipinski definition) is 6. The molecule has 0 amide bonds. The Labute approximate surface area is 295 Å². The van der Waals surface area contributed by atoms with Crippen molar-refractivity contribution in [2.75, 3.05) is 17.2 Å². The lowest BCUT2D eigenvalue weighted by molar-refractivity contribution is -0.0107. The molecule has 0 unspecified atom stereocenters. The summed E-state index contributed by atoms with van der Waals surface area (Å²) in [5.41, 5.74) is 24.1. The van der Waals surface area contributed by atoms with Crippen LogP contribution in [0.3, 0.4) is 0 Å². The molecule has 0 heterocycles. The molecule has 0 spiro atoms. The summed E-state index contributed by atoms with van der Waals surface area (Å²) in [4.78, 5) is 0. The molecule has 8 bridgehead atoms. The van der Waals surface area contributed by atoms with E-state index < -0.39 is 0 Å². The highest BCUT2D eigenvalue weighted by molar-refractivity contribution is 5.69. The van der Waals surface area contributed by atoms with Gasteiger partial charge in [0.15, 0.2) is 23.0 Å². The quantitative estimate of drug-likeness (QED) is 0.162. The standard InChI is InChI=1S/C44H49N3O3/c45-33-7-1-4-10-36(33)48-39-19-32(43-20-26-13-27(21-43)15-28(14-26)22-43)41(49-37-11-5-2-8-34(37)46)40(42(39)50-38-12-6-3-9-35(38)47)44-23-29-16-30(24-44)18-31(17-29)25-44/h1-12,19,26-31H,13-18,20-25,45-47H2. The molecule has 6 heteroatoms. The van der Waals surface area contributed by atoms with Crippen LogP contribution in [0.15, 0.2) is 78.9 Å². The molecule has 8 aliphatic rings.